The minimum atomic E-state index is -3.66. The second kappa shape index (κ2) is 10.7. The number of benzene rings is 3. The van der Waals surface area contributed by atoms with Gasteiger partial charge in [-0.2, -0.15) is 0 Å². The summed E-state index contributed by atoms with van der Waals surface area (Å²) < 4.78 is 28.6. The van der Waals surface area contributed by atoms with E-state index in [1.54, 1.807) is 29.2 Å². The van der Waals surface area contributed by atoms with Crippen LogP contribution in [0.4, 0.5) is 5.69 Å². The first-order chi connectivity index (χ1) is 17.8. The zero-order valence-corrected chi connectivity index (χ0v) is 22.1. The van der Waals surface area contributed by atoms with Gasteiger partial charge >= 0.3 is 0 Å². The SMILES string of the molecule is Cc1ccc(S(=O)(=O)N[C@@H]2CNC[C@@H](C(=O)N(C)CC3Nc4ccccc4Cc4ccccc43)C2)cc1. The van der Waals surface area contributed by atoms with E-state index in [9.17, 15) is 13.2 Å². The van der Waals surface area contributed by atoms with Crippen molar-refractivity contribution in [3.05, 3.63) is 95.1 Å². The van der Waals surface area contributed by atoms with Crippen molar-refractivity contribution in [3.63, 3.8) is 0 Å². The number of hydrogen-bond acceptors (Lipinski definition) is 5. The second-order valence-corrected chi connectivity index (χ2v) is 11.9. The molecule has 0 saturated carbocycles. The molecule has 0 bridgehead atoms. The Morgan fingerprint density at radius 1 is 0.973 bits per heavy atom. The molecule has 0 aromatic heterocycles. The summed E-state index contributed by atoms with van der Waals surface area (Å²) in [6.07, 6.45) is 1.31. The number of nitrogens with zero attached hydrogens (tertiary/aromatic N) is 1. The van der Waals surface area contributed by atoms with Gasteiger partial charge in [-0.1, -0.05) is 60.2 Å². The Labute approximate surface area is 219 Å². The molecule has 0 aliphatic carbocycles. The summed E-state index contributed by atoms with van der Waals surface area (Å²) in [5.41, 5.74) is 5.79. The van der Waals surface area contributed by atoms with Gasteiger partial charge in [-0.15, -0.1) is 0 Å². The molecule has 3 aromatic carbocycles. The lowest BCUT2D eigenvalue weighted by Crippen LogP contribution is -2.52. The molecule has 2 heterocycles. The van der Waals surface area contributed by atoms with Gasteiger partial charge < -0.3 is 15.5 Å². The fraction of sp³-hybridized carbons (Fsp3) is 0.345. The van der Waals surface area contributed by atoms with Crippen LogP contribution in [0.3, 0.4) is 0 Å². The third kappa shape index (κ3) is 5.71. The average molecular weight is 519 g/mol. The van der Waals surface area contributed by atoms with Crippen LogP contribution in [0.25, 0.3) is 0 Å². The number of aryl methyl sites for hydroxylation is 1. The van der Waals surface area contributed by atoms with Gasteiger partial charge in [0.2, 0.25) is 15.9 Å². The van der Waals surface area contributed by atoms with Crippen molar-refractivity contribution in [3.8, 4) is 0 Å². The maximum Gasteiger partial charge on any atom is 0.240 e. The quantitative estimate of drug-likeness (QED) is 0.465. The van der Waals surface area contributed by atoms with E-state index in [0.29, 0.717) is 26.1 Å². The highest BCUT2D eigenvalue weighted by Crippen LogP contribution is 2.32. The smallest absolute Gasteiger partial charge is 0.240 e. The number of hydrogen-bond donors (Lipinski definition) is 3. The normalized spacial score (nSPS) is 21.2. The number of para-hydroxylation sites is 1. The first-order valence-corrected chi connectivity index (χ1v) is 14.3. The van der Waals surface area contributed by atoms with E-state index in [2.05, 4.69) is 51.8 Å². The Morgan fingerprint density at radius 3 is 2.46 bits per heavy atom. The van der Waals surface area contributed by atoms with Gasteiger partial charge in [0.05, 0.1) is 16.9 Å². The third-order valence-electron chi connectivity index (χ3n) is 7.34. The molecule has 194 valence electrons. The zero-order valence-electron chi connectivity index (χ0n) is 21.3. The highest BCUT2D eigenvalue weighted by molar-refractivity contribution is 7.89. The van der Waals surface area contributed by atoms with Crippen molar-refractivity contribution in [1.29, 1.82) is 0 Å². The van der Waals surface area contributed by atoms with Crippen LogP contribution in [0.15, 0.2) is 77.7 Å². The Morgan fingerprint density at radius 2 is 1.68 bits per heavy atom. The van der Waals surface area contributed by atoms with E-state index in [-0.39, 0.29) is 28.8 Å². The number of fused-ring (bicyclic) bond motifs is 2. The minimum Gasteiger partial charge on any atom is -0.376 e. The molecule has 37 heavy (non-hydrogen) atoms. The lowest BCUT2D eigenvalue weighted by atomic mass is 9.94. The van der Waals surface area contributed by atoms with E-state index in [0.717, 1.165) is 17.7 Å². The molecule has 0 spiro atoms. The van der Waals surface area contributed by atoms with Crippen molar-refractivity contribution in [2.75, 3.05) is 32.0 Å². The molecule has 3 atom stereocenters. The number of anilines is 1. The summed E-state index contributed by atoms with van der Waals surface area (Å²) in [6, 6.07) is 23.1. The number of piperidine rings is 1. The Bertz CT molecular complexity index is 1370. The standard InChI is InChI=1S/C29H34N4O3S/c1-20-11-13-25(14-12-20)37(35,36)32-24-16-23(17-30-18-24)29(34)33(2)19-28-26-9-5-3-7-21(26)15-22-8-4-6-10-27(22)31-28/h3-14,23-24,28,30-32H,15-19H2,1-2H3/t23-,24-,28?/m0/s1. The van der Waals surface area contributed by atoms with Gasteiger partial charge in [0.1, 0.15) is 0 Å². The highest BCUT2D eigenvalue weighted by Gasteiger charge is 2.33. The summed E-state index contributed by atoms with van der Waals surface area (Å²) in [5, 5.41) is 6.92. The highest BCUT2D eigenvalue weighted by atomic mass is 32.2. The number of likely N-dealkylation sites (N-methyl/N-ethyl adjacent to an activating group) is 1. The average Bonchev–Trinajstić information content (AvgIpc) is 3.05. The van der Waals surface area contributed by atoms with Crippen LogP contribution in [0.5, 0.6) is 0 Å². The maximum atomic E-state index is 13.5. The van der Waals surface area contributed by atoms with Crippen LogP contribution in [0.2, 0.25) is 0 Å². The monoisotopic (exact) mass is 518 g/mol. The first kappa shape index (κ1) is 25.4. The van der Waals surface area contributed by atoms with Crippen LogP contribution >= 0.6 is 0 Å². The predicted octanol–water partition coefficient (Wildman–Crippen LogP) is 3.47. The zero-order chi connectivity index (χ0) is 26.0. The molecule has 5 rings (SSSR count). The van der Waals surface area contributed by atoms with E-state index in [4.69, 9.17) is 0 Å². The van der Waals surface area contributed by atoms with Gasteiger partial charge in [0.15, 0.2) is 0 Å². The summed E-state index contributed by atoms with van der Waals surface area (Å²) in [5.74, 6) is -0.290. The molecule has 1 fully saturated rings. The minimum absolute atomic E-state index is 0.0172. The van der Waals surface area contributed by atoms with Crippen molar-refractivity contribution in [1.82, 2.24) is 14.9 Å². The van der Waals surface area contributed by atoms with E-state index >= 15 is 0 Å². The molecule has 1 unspecified atom stereocenters. The summed E-state index contributed by atoms with van der Waals surface area (Å²) in [7, 11) is -1.82. The Balaban J connectivity index is 1.27. The molecule has 7 nitrogen and oxygen atoms in total. The molecule has 1 saturated heterocycles. The van der Waals surface area contributed by atoms with Crippen LogP contribution < -0.4 is 15.4 Å². The summed E-state index contributed by atoms with van der Waals surface area (Å²) in [6.45, 7) is 3.46. The van der Waals surface area contributed by atoms with E-state index in [1.165, 1.54) is 16.7 Å². The van der Waals surface area contributed by atoms with Crippen molar-refractivity contribution in [2.24, 2.45) is 5.92 Å². The fourth-order valence-corrected chi connectivity index (χ4v) is 6.61. The maximum absolute atomic E-state index is 13.5. The van der Waals surface area contributed by atoms with Crippen LogP contribution in [-0.4, -0.2) is 51.9 Å². The van der Waals surface area contributed by atoms with Gasteiger partial charge in [0.25, 0.3) is 0 Å². The fourth-order valence-electron chi connectivity index (χ4n) is 5.37. The molecule has 8 heteroatoms. The van der Waals surface area contributed by atoms with Crippen LogP contribution in [0, 0.1) is 12.8 Å². The molecular formula is C29H34N4O3S. The lowest BCUT2D eigenvalue weighted by molar-refractivity contribution is -0.135. The number of rotatable bonds is 6. The molecular weight excluding hydrogens is 484 g/mol. The number of sulfonamides is 1. The second-order valence-electron chi connectivity index (χ2n) is 10.2. The molecule has 3 N–H and O–H groups in total. The predicted molar refractivity (Wildman–Crippen MR) is 146 cm³/mol. The molecule has 1 amide bonds. The molecule has 2 aliphatic heterocycles. The molecule has 2 aliphatic rings. The van der Waals surface area contributed by atoms with Gasteiger partial charge in [-0.05, 0) is 54.7 Å². The molecule has 3 aromatic rings. The lowest BCUT2D eigenvalue weighted by Gasteiger charge is -2.33. The Kier molecular flexibility index (Phi) is 7.33. The molecule has 0 radical (unpaired) electrons. The van der Waals surface area contributed by atoms with Crippen molar-refractivity contribution < 1.29 is 13.2 Å². The topological polar surface area (TPSA) is 90.5 Å². The van der Waals surface area contributed by atoms with Gasteiger partial charge in [-0.3, -0.25) is 4.79 Å². The first-order valence-electron chi connectivity index (χ1n) is 12.8. The number of nitrogens with one attached hydrogen (secondary N) is 3. The van der Waals surface area contributed by atoms with Gasteiger partial charge in [0, 0.05) is 38.4 Å². The van der Waals surface area contributed by atoms with Crippen LogP contribution in [0.1, 0.15) is 34.7 Å². The number of carbonyl (C=O) groups excluding carboxylic acids is 1. The van der Waals surface area contributed by atoms with Gasteiger partial charge in [-0.25, -0.2) is 13.1 Å². The van der Waals surface area contributed by atoms with E-state index in [1.807, 2.05) is 26.1 Å². The number of carbonyl (C=O) groups is 1. The number of amides is 1. The van der Waals surface area contributed by atoms with Crippen molar-refractivity contribution >= 4 is 21.6 Å². The van der Waals surface area contributed by atoms with E-state index < -0.39 is 10.0 Å². The summed E-state index contributed by atoms with van der Waals surface area (Å²) in [4.78, 5) is 15.5. The van der Waals surface area contributed by atoms with Crippen molar-refractivity contribution in [2.45, 2.75) is 36.7 Å². The third-order valence-corrected chi connectivity index (χ3v) is 8.88. The Hall–Kier alpha value is -3.20. The largest absolute Gasteiger partial charge is 0.376 e. The van der Waals surface area contributed by atoms with Crippen LogP contribution in [-0.2, 0) is 21.2 Å². The summed E-state index contributed by atoms with van der Waals surface area (Å²) >= 11 is 0.